The predicted molar refractivity (Wildman–Crippen MR) is 83.2 cm³/mol. The Morgan fingerprint density at radius 3 is 2.00 bits per heavy atom. The Balaban J connectivity index is 1.59. The molecule has 0 aromatic carbocycles. The van der Waals surface area contributed by atoms with E-state index in [0.29, 0.717) is 10.8 Å². The van der Waals surface area contributed by atoms with Gasteiger partial charge in [0.25, 0.3) is 0 Å². The lowest BCUT2D eigenvalue weighted by Crippen LogP contribution is -2.56. The molecule has 6 rings (SSSR count). The molecular formula is C20H28. The van der Waals surface area contributed by atoms with Crippen molar-refractivity contribution >= 4 is 0 Å². The van der Waals surface area contributed by atoms with Gasteiger partial charge < -0.3 is 0 Å². The fraction of sp³-hybridized carbons (Fsp3) is 0.800. The first-order valence-corrected chi connectivity index (χ1v) is 9.02. The Hall–Kier alpha value is -0.520. The molecule has 0 amide bonds. The molecule has 108 valence electrons. The summed E-state index contributed by atoms with van der Waals surface area (Å²) in [4.78, 5) is 0. The zero-order valence-corrected chi connectivity index (χ0v) is 12.7. The van der Waals surface area contributed by atoms with Gasteiger partial charge in [0.1, 0.15) is 0 Å². The van der Waals surface area contributed by atoms with Crippen molar-refractivity contribution in [2.45, 2.75) is 57.8 Å². The molecule has 0 aromatic rings. The summed E-state index contributed by atoms with van der Waals surface area (Å²) in [5.74, 6) is 5.07. The van der Waals surface area contributed by atoms with Crippen LogP contribution in [0.4, 0.5) is 0 Å². The van der Waals surface area contributed by atoms with Gasteiger partial charge in [-0.3, -0.25) is 0 Å². The predicted octanol–water partition coefficient (Wildman–Crippen LogP) is 5.36. The summed E-state index contributed by atoms with van der Waals surface area (Å²) in [6.45, 7) is 4.16. The minimum Gasteiger partial charge on any atom is -0.103 e. The normalized spacial score (nSPS) is 58.5. The van der Waals surface area contributed by atoms with Crippen molar-refractivity contribution in [1.82, 2.24) is 0 Å². The number of fused-ring (bicyclic) bond motifs is 2. The van der Waals surface area contributed by atoms with Crippen molar-refractivity contribution in [1.29, 1.82) is 0 Å². The molecule has 0 heterocycles. The first-order chi connectivity index (χ1) is 9.73. The van der Waals surface area contributed by atoms with Gasteiger partial charge in [-0.25, -0.2) is 0 Å². The van der Waals surface area contributed by atoms with Crippen molar-refractivity contribution in [3.63, 3.8) is 0 Å². The molecule has 6 aliphatic carbocycles. The Morgan fingerprint density at radius 1 is 0.900 bits per heavy atom. The van der Waals surface area contributed by atoms with Crippen LogP contribution in [-0.4, -0.2) is 0 Å². The third-order valence-electron chi connectivity index (χ3n) is 8.11. The Morgan fingerprint density at radius 2 is 1.55 bits per heavy atom. The molecule has 0 nitrogen and oxygen atoms in total. The van der Waals surface area contributed by atoms with E-state index in [9.17, 15) is 0 Å². The van der Waals surface area contributed by atoms with Crippen molar-refractivity contribution < 1.29 is 0 Å². The maximum atomic E-state index is 4.16. The van der Waals surface area contributed by atoms with E-state index >= 15 is 0 Å². The average Bonchev–Trinajstić information content (AvgIpc) is 2.98. The van der Waals surface area contributed by atoms with Crippen LogP contribution in [0.15, 0.2) is 24.8 Å². The van der Waals surface area contributed by atoms with Crippen LogP contribution in [0.2, 0.25) is 0 Å². The maximum Gasteiger partial charge on any atom is -0.0138 e. The molecule has 0 aromatic heterocycles. The quantitative estimate of drug-likeness (QED) is 0.604. The van der Waals surface area contributed by atoms with E-state index in [1.165, 1.54) is 19.3 Å². The molecule has 20 heavy (non-hydrogen) atoms. The van der Waals surface area contributed by atoms with Gasteiger partial charge in [0.05, 0.1) is 0 Å². The Labute approximate surface area is 123 Å². The summed E-state index contributed by atoms with van der Waals surface area (Å²) in [7, 11) is 0. The second-order valence-electron chi connectivity index (χ2n) is 9.04. The van der Waals surface area contributed by atoms with Crippen molar-refractivity contribution in [3.05, 3.63) is 24.8 Å². The van der Waals surface area contributed by atoms with E-state index < -0.39 is 0 Å². The highest BCUT2D eigenvalue weighted by atomic mass is 14.7. The van der Waals surface area contributed by atoms with Crippen LogP contribution in [0.25, 0.3) is 0 Å². The molecule has 0 N–H and O–H groups in total. The third-order valence-corrected chi connectivity index (χ3v) is 8.11. The zero-order valence-electron chi connectivity index (χ0n) is 12.7. The van der Waals surface area contributed by atoms with Crippen LogP contribution in [0.5, 0.6) is 0 Å². The molecule has 5 saturated carbocycles. The highest BCUT2D eigenvalue weighted by Crippen LogP contribution is 2.73. The summed E-state index contributed by atoms with van der Waals surface area (Å²) >= 11 is 0. The smallest absolute Gasteiger partial charge is 0.0138 e. The first kappa shape index (κ1) is 12.1. The van der Waals surface area contributed by atoms with Crippen LogP contribution < -0.4 is 0 Å². The van der Waals surface area contributed by atoms with Gasteiger partial charge in [-0.1, -0.05) is 18.2 Å². The van der Waals surface area contributed by atoms with Crippen LogP contribution in [0.3, 0.4) is 0 Å². The fourth-order valence-electron chi connectivity index (χ4n) is 7.99. The highest BCUT2D eigenvalue weighted by Gasteiger charge is 2.64. The van der Waals surface area contributed by atoms with Gasteiger partial charge in [0.15, 0.2) is 0 Å². The molecule has 3 unspecified atom stereocenters. The number of hydrogen-bond donors (Lipinski definition) is 0. The van der Waals surface area contributed by atoms with Crippen molar-refractivity contribution in [2.75, 3.05) is 0 Å². The maximum absolute atomic E-state index is 4.16. The Bertz CT molecular complexity index is 435. The monoisotopic (exact) mass is 268 g/mol. The lowest BCUT2D eigenvalue weighted by Gasteiger charge is -2.65. The molecule has 0 aliphatic heterocycles. The second-order valence-corrected chi connectivity index (χ2v) is 9.04. The largest absolute Gasteiger partial charge is 0.103 e. The van der Waals surface area contributed by atoms with Gasteiger partial charge in [-0.05, 0) is 98.2 Å². The van der Waals surface area contributed by atoms with E-state index in [1.54, 1.807) is 38.5 Å². The minimum atomic E-state index is 0.615. The second kappa shape index (κ2) is 3.81. The standard InChI is InChI=1S/C20H28/c1-2-5-20(13-14-3-4-18(20)9-14)19-10-15-6-16(11-19)8-17(7-15)12-19/h2-4,14-18H,1,5-13H2. The molecule has 0 saturated heterocycles. The minimum absolute atomic E-state index is 0.615. The molecule has 6 bridgehead atoms. The number of rotatable bonds is 3. The molecule has 0 heteroatoms. The topological polar surface area (TPSA) is 0 Å². The van der Waals surface area contributed by atoms with Crippen LogP contribution in [0, 0.1) is 40.4 Å². The number of hydrogen-bond acceptors (Lipinski definition) is 0. The Kier molecular flexibility index (Phi) is 2.30. The van der Waals surface area contributed by atoms with E-state index in [4.69, 9.17) is 0 Å². The molecule has 5 fully saturated rings. The van der Waals surface area contributed by atoms with Gasteiger partial charge >= 0.3 is 0 Å². The lowest BCUT2D eigenvalue weighted by molar-refractivity contribution is -0.141. The van der Waals surface area contributed by atoms with E-state index in [0.717, 1.165) is 29.6 Å². The highest BCUT2D eigenvalue weighted by molar-refractivity contribution is 5.23. The SMILES string of the molecule is C=CCC1(C23CC4CC(CC(C4)C2)C3)CC2C=CC1C2. The molecular weight excluding hydrogens is 240 g/mol. The molecule has 6 aliphatic rings. The van der Waals surface area contributed by atoms with Crippen molar-refractivity contribution in [2.24, 2.45) is 40.4 Å². The fourth-order valence-corrected chi connectivity index (χ4v) is 7.99. The van der Waals surface area contributed by atoms with Gasteiger partial charge in [0.2, 0.25) is 0 Å². The van der Waals surface area contributed by atoms with E-state index in [1.807, 2.05) is 0 Å². The summed E-state index contributed by atoms with van der Waals surface area (Å²) < 4.78 is 0. The van der Waals surface area contributed by atoms with E-state index in [-0.39, 0.29) is 0 Å². The average molecular weight is 268 g/mol. The summed E-state index contributed by atoms with van der Waals surface area (Å²) in [5.41, 5.74) is 1.32. The van der Waals surface area contributed by atoms with Gasteiger partial charge in [-0.15, -0.1) is 6.58 Å². The summed E-state index contributed by atoms with van der Waals surface area (Å²) in [5, 5.41) is 0. The first-order valence-electron chi connectivity index (χ1n) is 9.02. The van der Waals surface area contributed by atoms with Gasteiger partial charge in [0, 0.05) is 0 Å². The number of allylic oxidation sites excluding steroid dienone is 3. The molecule has 3 atom stereocenters. The summed E-state index contributed by atoms with van der Waals surface area (Å²) in [6.07, 6.45) is 21.1. The molecule has 0 radical (unpaired) electrons. The zero-order chi connectivity index (χ0) is 13.4. The van der Waals surface area contributed by atoms with Gasteiger partial charge in [-0.2, -0.15) is 0 Å². The van der Waals surface area contributed by atoms with Crippen LogP contribution >= 0.6 is 0 Å². The van der Waals surface area contributed by atoms with Crippen molar-refractivity contribution in [3.8, 4) is 0 Å². The lowest BCUT2D eigenvalue weighted by atomic mass is 9.40. The summed E-state index contributed by atoms with van der Waals surface area (Å²) in [6, 6.07) is 0. The third kappa shape index (κ3) is 1.34. The van der Waals surface area contributed by atoms with Crippen LogP contribution in [0.1, 0.15) is 57.8 Å². The molecule has 0 spiro atoms. The van der Waals surface area contributed by atoms with Crippen LogP contribution in [-0.2, 0) is 0 Å². The van der Waals surface area contributed by atoms with E-state index in [2.05, 4.69) is 24.8 Å².